The second-order valence-electron chi connectivity index (χ2n) is 2.52. The van der Waals surface area contributed by atoms with Gasteiger partial charge in [0.15, 0.2) is 0 Å². The first-order chi connectivity index (χ1) is 6.13. The lowest BCUT2D eigenvalue weighted by Crippen LogP contribution is -2.07. The lowest BCUT2D eigenvalue weighted by molar-refractivity contribution is -0.114. The number of rotatable bonds is 1. The zero-order valence-electron chi connectivity index (χ0n) is 7.10. The largest absolute Gasteiger partial charge is 0.324 e. The first-order valence-corrected chi connectivity index (χ1v) is 3.67. The standard InChI is InChI=1S/C10H8FNO/c1-3-8-4-5-10(9(11)6-8)12-7(2)13/h1,4-6H,2H3,(H,12,13). The third-order valence-corrected chi connectivity index (χ3v) is 1.45. The lowest BCUT2D eigenvalue weighted by Gasteiger charge is -2.03. The van der Waals surface area contributed by atoms with E-state index in [1.54, 1.807) is 6.07 Å². The molecule has 0 aromatic heterocycles. The zero-order chi connectivity index (χ0) is 9.84. The summed E-state index contributed by atoms with van der Waals surface area (Å²) in [5.74, 6) is 1.46. The van der Waals surface area contributed by atoms with E-state index in [0.29, 0.717) is 5.56 Å². The predicted molar refractivity (Wildman–Crippen MR) is 48.6 cm³/mol. The number of carbonyl (C=O) groups excluding carboxylic acids is 1. The zero-order valence-corrected chi connectivity index (χ0v) is 7.10. The van der Waals surface area contributed by atoms with Crippen molar-refractivity contribution in [3.05, 3.63) is 29.6 Å². The van der Waals surface area contributed by atoms with Crippen LogP contribution in [0, 0.1) is 18.2 Å². The Kier molecular flexibility index (Phi) is 2.65. The number of amides is 1. The van der Waals surface area contributed by atoms with Gasteiger partial charge in [-0.3, -0.25) is 4.79 Å². The molecule has 0 bridgehead atoms. The van der Waals surface area contributed by atoms with Crippen molar-refractivity contribution in [2.75, 3.05) is 5.32 Å². The van der Waals surface area contributed by atoms with Gasteiger partial charge < -0.3 is 5.32 Å². The molecule has 0 atom stereocenters. The highest BCUT2D eigenvalue weighted by Crippen LogP contribution is 2.14. The molecule has 3 heteroatoms. The van der Waals surface area contributed by atoms with E-state index in [-0.39, 0.29) is 11.6 Å². The van der Waals surface area contributed by atoms with E-state index in [1.807, 2.05) is 0 Å². The number of carbonyl (C=O) groups is 1. The number of hydrogen-bond acceptors (Lipinski definition) is 1. The molecule has 0 saturated carbocycles. The van der Waals surface area contributed by atoms with Crippen LogP contribution >= 0.6 is 0 Å². The third kappa shape index (κ3) is 2.31. The first kappa shape index (κ1) is 9.27. The van der Waals surface area contributed by atoms with Gasteiger partial charge in [0.25, 0.3) is 0 Å². The minimum absolute atomic E-state index is 0.145. The SMILES string of the molecule is C#Cc1ccc(NC(C)=O)c(F)c1. The molecule has 0 aliphatic carbocycles. The molecule has 0 fully saturated rings. The van der Waals surface area contributed by atoms with Crippen LogP contribution in [0.1, 0.15) is 12.5 Å². The monoisotopic (exact) mass is 177 g/mol. The van der Waals surface area contributed by atoms with Crippen LogP contribution in [-0.4, -0.2) is 5.91 Å². The van der Waals surface area contributed by atoms with Gasteiger partial charge in [-0.15, -0.1) is 6.42 Å². The Morgan fingerprint density at radius 1 is 1.62 bits per heavy atom. The number of terminal acetylenes is 1. The van der Waals surface area contributed by atoms with Crippen LogP contribution in [0.3, 0.4) is 0 Å². The van der Waals surface area contributed by atoms with Crippen molar-refractivity contribution in [2.24, 2.45) is 0 Å². The van der Waals surface area contributed by atoms with Gasteiger partial charge in [0.1, 0.15) is 5.82 Å². The van der Waals surface area contributed by atoms with Crippen LogP contribution in [-0.2, 0) is 4.79 Å². The highest BCUT2D eigenvalue weighted by Gasteiger charge is 2.03. The second kappa shape index (κ2) is 3.72. The average molecular weight is 177 g/mol. The number of benzene rings is 1. The van der Waals surface area contributed by atoms with Gasteiger partial charge in [0.05, 0.1) is 5.69 Å². The van der Waals surface area contributed by atoms with Crippen molar-refractivity contribution in [3.8, 4) is 12.3 Å². The first-order valence-electron chi connectivity index (χ1n) is 3.67. The highest BCUT2D eigenvalue weighted by molar-refractivity contribution is 5.88. The quantitative estimate of drug-likeness (QED) is 0.651. The highest BCUT2D eigenvalue weighted by atomic mass is 19.1. The Labute approximate surface area is 75.8 Å². The summed E-state index contributed by atoms with van der Waals surface area (Å²) in [5.41, 5.74) is 0.595. The summed E-state index contributed by atoms with van der Waals surface area (Å²) in [6.45, 7) is 1.31. The molecule has 1 rings (SSSR count). The van der Waals surface area contributed by atoms with E-state index in [9.17, 15) is 9.18 Å². The second-order valence-corrected chi connectivity index (χ2v) is 2.52. The van der Waals surface area contributed by atoms with Crippen LogP contribution in [0.4, 0.5) is 10.1 Å². The third-order valence-electron chi connectivity index (χ3n) is 1.45. The molecular weight excluding hydrogens is 169 g/mol. The van der Waals surface area contributed by atoms with E-state index in [4.69, 9.17) is 6.42 Å². The molecule has 0 unspecified atom stereocenters. The van der Waals surface area contributed by atoms with Crippen molar-refractivity contribution >= 4 is 11.6 Å². The summed E-state index contributed by atoms with van der Waals surface area (Å²) >= 11 is 0. The normalized spacial score (nSPS) is 9.00. The molecular formula is C10H8FNO. The van der Waals surface area contributed by atoms with Crippen LogP contribution in [0.5, 0.6) is 0 Å². The maximum atomic E-state index is 13.1. The molecule has 0 aliphatic heterocycles. The molecule has 2 nitrogen and oxygen atoms in total. The Hall–Kier alpha value is -1.82. The summed E-state index contributed by atoms with van der Waals surface area (Å²) in [6.07, 6.45) is 5.07. The number of anilines is 1. The Morgan fingerprint density at radius 3 is 2.77 bits per heavy atom. The number of nitrogens with one attached hydrogen (secondary N) is 1. The molecule has 1 N–H and O–H groups in total. The minimum Gasteiger partial charge on any atom is -0.324 e. The fraction of sp³-hybridized carbons (Fsp3) is 0.100. The smallest absolute Gasteiger partial charge is 0.221 e. The van der Waals surface area contributed by atoms with E-state index in [0.717, 1.165) is 0 Å². The van der Waals surface area contributed by atoms with Gasteiger partial charge in [-0.25, -0.2) is 4.39 Å². The summed E-state index contributed by atoms with van der Waals surface area (Å²) in [4.78, 5) is 10.6. The number of halogens is 1. The van der Waals surface area contributed by atoms with Gasteiger partial charge in [0.2, 0.25) is 5.91 Å². The molecule has 0 spiro atoms. The topological polar surface area (TPSA) is 29.1 Å². The van der Waals surface area contributed by atoms with Crippen LogP contribution in [0.15, 0.2) is 18.2 Å². The average Bonchev–Trinajstić information content (AvgIpc) is 2.08. The van der Waals surface area contributed by atoms with Crippen molar-refractivity contribution in [2.45, 2.75) is 6.92 Å². The molecule has 1 amide bonds. The van der Waals surface area contributed by atoms with E-state index >= 15 is 0 Å². The van der Waals surface area contributed by atoms with Crippen molar-refractivity contribution in [1.29, 1.82) is 0 Å². The minimum atomic E-state index is -0.523. The fourth-order valence-electron chi connectivity index (χ4n) is 0.896. The predicted octanol–water partition coefficient (Wildman–Crippen LogP) is 1.77. The van der Waals surface area contributed by atoms with Crippen LogP contribution < -0.4 is 5.32 Å². The van der Waals surface area contributed by atoms with E-state index in [2.05, 4.69) is 11.2 Å². The maximum absolute atomic E-state index is 13.1. The lowest BCUT2D eigenvalue weighted by atomic mass is 10.2. The molecule has 0 aliphatic rings. The van der Waals surface area contributed by atoms with Gasteiger partial charge in [-0.1, -0.05) is 5.92 Å². The summed E-state index contributed by atoms with van der Waals surface area (Å²) in [6, 6.07) is 4.20. The van der Waals surface area contributed by atoms with Gasteiger partial charge in [-0.2, -0.15) is 0 Å². The molecule has 1 aromatic rings. The molecule has 0 saturated heterocycles. The summed E-state index contributed by atoms with van der Waals surface area (Å²) in [5, 5.41) is 2.34. The molecule has 66 valence electrons. The van der Waals surface area contributed by atoms with Crippen LogP contribution in [0.2, 0.25) is 0 Å². The molecule has 0 heterocycles. The maximum Gasteiger partial charge on any atom is 0.221 e. The van der Waals surface area contributed by atoms with Gasteiger partial charge in [-0.05, 0) is 18.2 Å². The Morgan fingerprint density at radius 2 is 2.31 bits per heavy atom. The molecule has 1 aromatic carbocycles. The van der Waals surface area contributed by atoms with E-state index < -0.39 is 5.82 Å². The van der Waals surface area contributed by atoms with Gasteiger partial charge >= 0.3 is 0 Å². The van der Waals surface area contributed by atoms with Crippen molar-refractivity contribution < 1.29 is 9.18 Å². The molecule has 13 heavy (non-hydrogen) atoms. The van der Waals surface area contributed by atoms with Crippen LogP contribution in [0.25, 0.3) is 0 Å². The fourth-order valence-corrected chi connectivity index (χ4v) is 0.896. The van der Waals surface area contributed by atoms with E-state index in [1.165, 1.54) is 19.1 Å². The summed E-state index contributed by atoms with van der Waals surface area (Å²) < 4.78 is 13.1. The molecule has 0 radical (unpaired) electrons. The van der Waals surface area contributed by atoms with Crippen molar-refractivity contribution in [1.82, 2.24) is 0 Å². The Balaban J connectivity index is 3.00. The Bertz CT molecular complexity index is 379. The van der Waals surface area contributed by atoms with Gasteiger partial charge in [0, 0.05) is 12.5 Å². The van der Waals surface area contributed by atoms with Crippen molar-refractivity contribution in [3.63, 3.8) is 0 Å². The number of hydrogen-bond donors (Lipinski definition) is 1. The summed E-state index contributed by atoms with van der Waals surface area (Å²) in [7, 11) is 0.